The minimum atomic E-state index is -0.709. The first-order valence-electron chi connectivity index (χ1n) is 10.6. The van der Waals surface area contributed by atoms with Crippen molar-refractivity contribution in [1.82, 2.24) is 4.90 Å². The molecule has 32 heavy (non-hydrogen) atoms. The van der Waals surface area contributed by atoms with E-state index in [4.69, 9.17) is 9.47 Å². The highest BCUT2D eigenvalue weighted by molar-refractivity contribution is 5.91. The summed E-state index contributed by atoms with van der Waals surface area (Å²) in [6.07, 6.45) is 4.60. The number of anilines is 1. The molecule has 3 rings (SSSR count). The minimum Gasteiger partial charge on any atom is -0.493 e. The normalized spacial score (nSPS) is 14.4. The summed E-state index contributed by atoms with van der Waals surface area (Å²) in [6, 6.07) is 13.6. The topological polar surface area (TPSA) is 79.3 Å². The predicted octanol–water partition coefficient (Wildman–Crippen LogP) is 3.68. The number of carboxylic acids is 1. The molecule has 1 heterocycles. The molecule has 0 aromatic heterocycles. The maximum Gasteiger partial charge on any atom is 0.306 e. The molecular weight excluding hydrogens is 408 g/mol. The van der Waals surface area contributed by atoms with E-state index < -0.39 is 5.97 Å². The average molecular weight is 439 g/mol. The minimum absolute atomic E-state index is 0.104. The molecule has 1 amide bonds. The van der Waals surface area contributed by atoms with Crippen molar-refractivity contribution in [3.63, 3.8) is 0 Å². The Labute approximate surface area is 188 Å². The van der Waals surface area contributed by atoms with E-state index in [9.17, 15) is 14.7 Å². The number of carbonyl (C=O) groups excluding carboxylic acids is 1. The second kappa shape index (κ2) is 10.7. The maximum atomic E-state index is 12.6. The Balaban J connectivity index is 1.60. The first-order valence-corrected chi connectivity index (χ1v) is 10.6. The molecule has 0 atom stereocenters. The van der Waals surface area contributed by atoms with E-state index in [0.717, 1.165) is 29.9 Å². The fourth-order valence-electron chi connectivity index (χ4n) is 3.84. The third-order valence-electron chi connectivity index (χ3n) is 5.74. The molecule has 1 aliphatic heterocycles. The molecule has 1 aliphatic rings. The predicted molar refractivity (Wildman–Crippen MR) is 124 cm³/mol. The second-order valence-corrected chi connectivity index (χ2v) is 7.91. The summed E-state index contributed by atoms with van der Waals surface area (Å²) in [5.41, 5.74) is 2.93. The van der Waals surface area contributed by atoms with Gasteiger partial charge in [0.2, 0.25) is 5.91 Å². The Bertz CT molecular complexity index is 980. The van der Waals surface area contributed by atoms with E-state index in [1.807, 2.05) is 30.3 Å². The molecule has 7 nitrogen and oxygen atoms in total. The number of methoxy groups -OCH3 is 2. The second-order valence-electron chi connectivity index (χ2n) is 7.91. The van der Waals surface area contributed by atoms with Crippen LogP contribution in [0.4, 0.5) is 5.69 Å². The Morgan fingerprint density at radius 3 is 2.47 bits per heavy atom. The summed E-state index contributed by atoms with van der Waals surface area (Å²) >= 11 is 0. The van der Waals surface area contributed by atoms with Gasteiger partial charge in [-0.15, -0.1) is 0 Å². The molecule has 1 fully saturated rings. The van der Waals surface area contributed by atoms with Crippen molar-refractivity contribution in [2.45, 2.75) is 19.4 Å². The molecular formula is C25H30N2O5. The third-order valence-corrected chi connectivity index (χ3v) is 5.74. The van der Waals surface area contributed by atoms with E-state index >= 15 is 0 Å². The van der Waals surface area contributed by atoms with Crippen molar-refractivity contribution < 1.29 is 24.2 Å². The van der Waals surface area contributed by atoms with E-state index in [1.165, 1.54) is 0 Å². The number of ether oxygens (including phenoxy) is 2. The van der Waals surface area contributed by atoms with E-state index in [0.29, 0.717) is 30.9 Å². The van der Waals surface area contributed by atoms with Crippen LogP contribution in [-0.4, -0.2) is 56.2 Å². The SMILES string of the molecule is COc1ccc(/C=C/C(=O)N(C)Cc2cccc(N3CCC(C(=O)O)CC3)c2)cc1OC. The highest BCUT2D eigenvalue weighted by Crippen LogP contribution is 2.28. The molecule has 0 aliphatic carbocycles. The highest BCUT2D eigenvalue weighted by atomic mass is 16.5. The van der Waals surface area contributed by atoms with E-state index in [-0.39, 0.29) is 11.8 Å². The smallest absolute Gasteiger partial charge is 0.306 e. The van der Waals surface area contributed by atoms with Crippen LogP contribution >= 0.6 is 0 Å². The first-order chi connectivity index (χ1) is 15.4. The van der Waals surface area contributed by atoms with Crippen LogP contribution in [0.15, 0.2) is 48.5 Å². The van der Waals surface area contributed by atoms with Crippen LogP contribution in [0.2, 0.25) is 0 Å². The summed E-state index contributed by atoms with van der Waals surface area (Å²) < 4.78 is 10.5. The lowest BCUT2D eigenvalue weighted by Gasteiger charge is -2.32. The van der Waals surface area contributed by atoms with Gasteiger partial charge in [-0.25, -0.2) is 0 Å². The number of aliphatic carboxylic acids is 1. The monoisotopic (exact) mass is 438 g/mol. The van der Waals surface area contributed by atoms with Gasteiger partial charge < -0.3 is 24.4 Å². The van der Waals surface area contributed by atoms with Crippen molar-refractivity contribution in [3.8, 4) is 11.5 Å². The Morgan fingerprint density at radius 1 is 1.09 bits per heavy atom. The fourth-order valence-corrected chi connectivity index (χ4v) is 3.84. The molecule has 2 aromatic rings. The Morgan fingerprint density at radius 2 is 1.81 bits per heavy atom. The van der Waals surface area contributed by atoms with Gasteiger partial charge in [-0.1, -0.05) is 18.2 Å². The molecule has 1 saturated heterocycles. The van der Waals surface area contributed by atoms with Crippen LogP contribution in [0.25, 0.3) is 6.08 Å². The van der Waals surface area contributed by atoms with Crippen molar-refractivity contribution in [2.24, 2.45) is 5.92 Å². The number of amides is 1. The number of likely N-dealkylation sites (N-methyl/N-ethyl adjacent to an activating group) is 1. The van der Waals surface area contributed by atoms with Crippen LogP contribution < -0.4 is 14.4 Å². The van der Waals surface area contributed by atoms with Crippen LogP contribution in [0.1, 0.15) is 24.0 Å². The number of hydrogen-bond donors (Lipinski definition) is 1. The van der Waals surface area contributed by atoms with Gasteiger partial charge in [0.05, 0.1) is 20.1 Å². The lowest BCUT2D eigenvalue weighted by Crippen LogP contribution is -2.36. The standard InChI is InChI=1S/C25H30N2O5/c1-26(24(28)10-8-18-7-9-22(31-2)23(16-18)32-3)17-19-5-4-6-21(15-19)27-13-11-20(12-14-27)25(29)30/h4-10,15-16,20H,11-14,17H2,1-3H3,(H,29,30)/b10-8+. The molecule has 0 unspecified atom stereocenters. The number of benzene rings is 2. The van der Waals surface area contributed by atoms with Gasteiger partial charge in [-0.3, -0.25) is 9.59 Å². The van der Waals surface area contributed by atoms with Gasteiger partial charge in [-0.05, 0) is 54.3 Å². The molecule has 7 heteroatoms. The number of piperidine rings is 1. The lowest BCUT2D eigenvalue weighted by atomic mass is 9.96. The van der Waals surface area contributed by atoms with Crippen molar-refractivity contribution in [3.05, 3.63) is 59.7 Å². The van der Waals surface area contributed by atoms with Crippen molar-refractivity contribution >= 4 is 23.6 Å². The molecule has 0 radical (unpaired) electrons. The van der Waals surface area contributed by atoms with Crippen LogP contribution in [0, 0.1) is 5.92 Å². The molecule has 1 N–H and O–H groups in total. The summed E-state index contributed by atoms with van der Waals surface area (Å²) in [5, 5.41) is 9.18. The van der Waals surface area contributed by atoms with Gasteiger partial charge in [-0.2, -0.15) is 0 Å². The van der Waals surface area contributed by atoms with Crippen LogP contribution in [0.5, 0.6) is 11.5 Å². The summed E-state index contributed by atoms with van der Waals surface area (Å²) in [7, 11) is 4.93. The zero-order valence-electron chi connectivity index (χ0n) is 18.8. The quantitative estimate of drug-likeness (QED) is 0.634. The van der Waals surface area contributed by atoms with Crippen molar-refractivity contribution in [1.29, 1.82) is 0 Å². The van der Waals surface area contributed by atoms with Gasteiger partial charge in [0.1, 0.15) is 0 Å². The number of rotatable bonds is 8. The van der Waals surface area contributed by atoms with Crippen LogP contribution in [-0.2, 0) is 16.1 Å². The van der Waals surface area contributed by atoms with Crippen molar-refractivity contribution in [2.75, 3.05) is 39.3 Å². The number of nitrogens with zero attached hydrogens (tertiary/aromatic N) is 2. The lowest BCUT2D eigenvalue weighted by molar-refractivity contribution is -0.142. The van der Waals surface area contributed by atoms with Crippen LogP contribution in [0.3, 0.4) is 0 Å². The Hall–Kier alpha value is -3.48. The zero-order valence-corrected chi connectivity index (χ0v) is 18.8. The summed E-state index contributed by atoms with van der Waals surface area (Å²) in [5.74, 6) is 0.183. The zero-order chi connectivity index (χ0) is 23.1. The summed E-state index contributed by atoms with van der Waals surface area (Å²) in [6.45, 7) is 1.93. The Kier molecular flexibility index (Phi) is 7.76. The first kappa shape index (κ1) is 23.2. The van der Waals surface area contributed by atoms with E-state index in [1.54, 1.807) is 44.4 Å². The van der Waals surface area contributed by atoms with Gasteiger partial charge in [0.15, 0.2) is 11.5 Å². The number of carboxylic acid groups (broad SMARTS) is 1. The molecule has 2 aromatic carbocycles. The molecule has 0 spiro atoms. The average Bonchev–Trinajstić information content (AvgIpc) is 2.82. The maximum absolute atomic E-state index is 12.6. The van der Waals surface area contributed by atoms with E-state index in [2.05, 4.69) is 11.0 Å². The molecule has 0 saturated carbocycles. The van der Waals surface area contributed by atoms with Gasteiger partial charge >= 0.3 is 5.97 Å². The largest absolute Gasteiger partial charge is 0.493 e. The molecule has 0 bridgehead atoms. The number of hydrogen-bond acceptors (Lipinski definition) is 5. The fraction of sp³-hybridized carbons (Fsp3) is 0.360. The third kappa shape index (κ3) is 5.81. The summed E-state index contributed by atoms with van der Waals surface area (Å²) in [4.78, 5) is 27.6. The van der Waals surface area contributed by atoms with Gasteiger partial charge in [0.25, 0.3) is 0 Å². The molecule has 170 valence electrons. The van der Waals surface area contributed by atoms with Gasteiger partial charge in [0, 0.05) is 38.4 Å². The highest BCUT2D eigenvalue weighted by Gasteiger charge is 2.24. The number of carbonyl (C=O) groups is 2.